The van der Waals surface area contributed by atoms with Gasteiger partial charge in [-0.15, -0.1) is 0 Å². The summed E-state index contributed by atoms with van der Waals surface area (Å²) in [6.45, 7) is 20.2. The highest BCUT2D eigenvalue weighted by molar-refractivity contribution is 5.91. The zero-order chi connectivity index (χ0) is 47.2. The number of likely N-dealkylation sites (N-methyl/N-ethyl adjacent to an activating group) is 1. The summed E-state index contributed by atoms with van der Waals surface area (Å²) in [4.78, 5) is 91.2. The van der Waals surface area contributed by atoms with Crippen LogP contribution in [0.3, 0.4) is 0 Å². The first-order valence-electron chi connectivity index (χ1n) is 24.0. The maximum atomic E-state index is 14.4. The second-order valence-electron chi connectivity index (χ2n) is 20.5. The van der Waals surface area contributed by atoms with Crippen molar-refractivity contribution in [2.75, 3.05) is 46.3 Å². The molecule has 2 aromatic rings. The van der Waals surface area contributed by atoms with E-state index >= 15 is 0 Å². The van der Waals surface area contributed by atoms with Crippen LogP contribution >= 0.6 is 0 Å². The van der Waals surface area contributed by atoms with Gasteiger partial charge >= 0.3 is 0 Å². The van der Waals surface area contributed by atoms with Gasteiger partial charge in [-0.2, -0.15) is 0 Å². The number of carbonyl (C=O) groups is 6. The SMILES string of the molecule is CC[C@@H](C)C(=O)N[C@H](C(=O)N1CCC[C@H]1CN(CCc1ccccc1)C(=O)CCC(=O)N(CCc1ccccc1)C[C@@H]1CCCN1C(=O)[C@@H](CC(=O)[C@H](C)NC)C(C)(C)C)C(C)(C)C. The fraction of sp³-hybridized carbons (Fsp3) is 0.654. The fourth-order valence-electron chi connectivity index (χ4n) is 8.91. The van der Waals surface area contributed by atoms with Crippen LogP contribution < -0.4 is 10.6 Å². The number of nitrogens with one attached hydrogen (secondary N) is 2. The van der Waals surface area contributed by atoms with Gasteiger partial charge in [0.2, 0.25) is 29.5 Å². The van der Waals surface area contributed by atoms with Gasteiger partial charge in [-0.3, -0.25) is 28.8 Å². The van der Waals surface area contributed by atoms with Crippen molar-refractivity contribution < 1.29 is 28.8 Å². The van der Waals surface area contributed by atoms with Crippen molar-refractivity contribution in [3.63, 3.8) is 0 Å². The van der Waals surface area contributed by atoms with E-state index in [-0.39, 0.29) is 78.6 Å². The smallest absolute Gasteiger partial charge is 0.246 e. The standard InChI is InChI=1S/C52H80N6O6/c1-11-37(2)48(62)54-47(52(7,8)9)50(64)58-31-19-25-42(58)36-56(33-29-40-22-16-13-17-23-40)46(61)27-26-45(60)55(32-28-39-20-14-12-15-21-39)35-41-24-18-30-57(41)49(63)43(51(4,5)6)34-44(59)38(3)53-10/h12-17,20-23,37-38,41-43,47,53H,11,18-19,24-36H2,1-10H3,(H,54,62)/t37-,38+,41+,42+,43-,47-/m1/s1. The molecule has 0 radical (unpaired) electrons. The second-order valence-corrected chi connectivity index (χ2v) is 20.5. The van der Waals surface area contributed by atoms with Gasteiger partial charge in [0.15, 0.2) is 0 Å². The molecule has 2 saturated heterocycles. The normalized spacial score (nSPS) is 18.5. The summed E-state index contributed by atoms with van der Waals surface area (Å²) in [6.07, 6.45) is 5.19. The first-order valence-corrected chi connectivity index (χ1v) is 24.0. The predicted octanol–water partition coefficient (Wildman–Crippen LogP) is 6.70. The zero-order valence-electron chi connectivity index (χ0n) is 40.8. The van der Waals surface area contributed by atoms with Crippen molar-refractivity contribution in [3.8, 4) is 0 Å². The lowest BCUT2D eigenvalue weighted by molar-refractivity contribution is -0.144. The van der Waals surface area contributed by atoms with E-state index in [0.29, 0.717) is 58.5 Å². The van der Waals surface area contributed by atoms with Gasteiger partial charge in [0, 0.05) is 82.5 Å². The van der Waals surface area contributed by atoms with E-state index in [2.05, 4.69) is 10.6 Å². The molecule has 0 aliphatic carbocycles. The van der Waals surface area contributed by atoms with Gasteiger partial charge in [0.1, 0.15) is 11.8 Å². The largest absolute Gasteiger partial charge is 0.344 e. The summed E-state index contributed by atoms with van der Waals surface area (Å²) in [7, 11) is 1.75. The highest BCUT2D eigenvalue weighted by Crippen LogP contribution is 2.34. The lowest BCUT2D eigenvalue weighted by Crippen LogP contribution is -2.57. The van der Waals surface area contributed by atoms with Crippen LogP contribution in [0.4, 0.5) is 0 Å². The highest BCUT2D eigenvalue weighted by atomic mass is 16.2. The molecule has 12 nitrogen and oxygen atoms in total. The Morgan fingerprint density at radius 2 is 1.14 bits per heavy atom. The molecule has 0 spiro atoms. The van der Waals surface area contributed by atoms with Crippen LogP contribution in [0, 0.1) is 22.7 Å². The Morgan fingerprint density at radius 3 is 1.55 bits per heavy atom. The number of amides is 5. The summed E-state index contributed by atoms with van der Waals surface area (Å²) in [5, 5.41) is 6.08. The molecule has 2 fully saturated rings. The molecule has 64 heavy (non-hydrogen) atoms. The molecule has 12 heteroatoms. The average molecular weight is 885 g/mol. The molecule has 0 unspecified atom stereocenters. The van der Waals surface area contributed by atoms with Crippen molar-refractivity contribution in [3.05, 3.63) is 71.8 Å². The molecule has 0 saturated carbocycles. The van der Waals surface area contributed by atoms with Gasteiger partial charge in [0.05, 0.1) is 6.04 Å². The average Bonchev–Trinajstić information content (AvgIpc) is 3.95. The number of hydrogen-bond donors (Lipinski definition) is 2. The number of benzene rings is 2. The van der Waals surface area contributed by atoms with E-state index < -0.39 is 22.8 Å². The molecule has 2 aromatic carbocycles. The van der Waals surface area contributed by atoms with Crippen molar-refractivity contribution in [1.82, 2.24) is 30.2 Å². The van der Waals surface area contributed by atoms with Crippen LogP contribution in [0.5, 0.6) is 0 Å². The number of ketones is 1. The van der Waals surface area contributed by atoms with Crippen molar-refractivity contribution in [2.24, 2.45) is 22.7 Å². The molecule has 2 aliphatic heterocycles. The summed E-state index contributed by atoms with van der Waals surface area (Å²) in [5.74, 6) is -1.31. The topological polar surface area (TPSA) is 139 Å². The predicted molar refractivity (Wildman–Crippen MR) is 254 cm³/mol. The van der Waals surface area contributed by atoms with Gasteiger partial charge < -0.3 is 30.2 Å². The lowest BCUT2D eigenvalue weighted by Gasteiger charge is -2.38. The third-order valence-corrected chi connectivity index (χ3v) is 13.6. The van der Waals surface area contributed by atoms with E-state index in [1.807, 2.05) is 143 Å². The third kappa shape index (κ3) is 15.0. The van der Waals surface area contributed by atoms with Crippen molar-refractivity contribution >= 4 is 35.3 Å². The Morgan fingerprint density at radius 1 is 0.688 bits per heavy atom. The minimum absolute atomic E-state index is 0.000535. The monoisotopic (exact) mass is 885 g/mol. The van der Waals surface area contributed by atoms with E-state index in [9.17, 15) is 28.8 Å². The first kappa shape index (κ1) is 52.0. The Hall–Kier alpha value is -4.58. The highest BCUT2D eigenvalue weighted by Gasteiger charge is 2.42. The number of carbonyl (C=O) groups excluding carboxylic acids is 6. The van der Waals surface area contributed by atoms with Gasteiger partial charge in [-0.05, 0) is 80.9 Å². The minimum atomic E-state index is -0.711. The van der Waals surface area contributed by atoms with E-state index in [1.54, 1.807) is 7.05 Å². The van der Waals surface area contributed by atoms with E-state index in [1.165, 1.54) is 0 Å². The Bertz CT molecular complexity index is 1710. The molecular formula is C52H80N6O6. The maximum Gasteiger partial charge on any atom is 0.246 e. The second kappa shape index (κ2) is 24.1. The molecule has 2 heterocycles. The molecule has 2 N–H and O–H groups in total. The van der Waals surface area contributed by atoms with Crippen molar-refractivity contribution in [2.45, 2.75) is 151 Å². The van der Waals surface area contributed by atoms with Crippen LogP contribution in [0.15, 0.2) is 60.7 Å². The Balaban J connectivity index is 1.53. The number of likely N-dealkylation sites (tertiary alicyclic amines) is 2. The quantitative estimate of drug-likeness (QED) is 0.134. The minimum Gasteiger partial charge on any atom is -0.344 e. The molecular weight excluding hydrogens is 805 g/mol. The van der Waals surface area contributed by atoms with E-state index in [0.717, 1.165) is 36.8 Å². The summed E-state index contributed by atoms with van der Waals surface area (Å²) >= 11 is 0. The van der Waals surface area contributed by atoms with E-state index in [4.69, 9.17) is 0 Å². The summed E-state index contributed by atoms with van der Waals surface area (Å²) in [6, 6.07) is 18.5. The molecule has 354 valence electrons. The van der Waals surface area contributed by atoms with Crippen LogP contribution in [-0.4, -0.2) is 125 Å². The van der Waals surface area contributed by atoms with Crippen molar-refractivity contribution in [1.29, 1.82) is 0 Å². The fourth-order valence-corrected chi connectivity index (χ4v) is 8.91. The molecule has 0 aromatic heterocycles. The van der Waals surface area contributed by atoms with Crippen LogP contribution in [0.25, 0.3) is 0 Å². The number of hydrogen-bond acceptors (Lipinski definition) is 7. The molecule has 0 bridgehead atoms. The van der Waals surface area contributed by atoms with Gasteiger partial charge in [-0.1, -0.05) is 116 Å². The van der Waals surface area contributed by atoms with Gasteiger partial charge in [0.25, 0.3) is 0 Å². The third-order valence-electron chi connectivity index (χ3n) is 13.6. The molecule has 5 amide bonds. The van der Waals surface area contributed by atoms with Crippen LogP contribution in [0.1, 0.15) is 125 Å². The molecule has 6 atom stereocenters. The molecule has 2 aliphatic rings. The number of nitrogens with zero attached hydrogens (tertiary/aromatic N) is 4. The summed E-state index contributed by atoms with van der Waals surface area (Å²) < 4.78 is 0. The number of rotatable bonds is 22. The Labute approximate surface area is 384 Å². The zero-order valence-corrected chi connectivity index (χ0v) is 40.8. The maximum absolute atomic E-state index is 14.4. The van der Waals surface area contributed by atoms with Crippen LogP contribution in [-0.2, 0) is 41.6 Å². The lowest BCUT2D eigenvalue weighted by atomic mass is 9.76. The molecule has 4 rings (SSSR count). The first-order chi connectivity index (χ1) is 30.2. The van der Waals surface area contributed by atoms with Gasteiger partial charge in [-0.25, -0.2) is 0 Å². The van der Waals surface area contributed by atoms with Crippen LogP contribution in [0.2, 0.25) is 0 Å². The number of Topliss-reactive ketones (excluding diaryl/α,β-unsaturated/α-hetero) is 1. The Kier molecular flexibility index (Phi) is 19.6. The summed E-state index contributed by atoms with van der Waals surface area (Å²) in [5.41, 5.74) is 1.22.